The molecule has 0 aliphatic carbocycles. The van der Waals surface area contributed by atoms with E-state index >= 15 is 0 Å². The Bertz CT molecular complexity index is 1780. The van der Waals surface area contributed by atoms with E-state index in [2.05, 4.69) is 31.1 Å². The van der Waals surface area contributed by atoms with Crippen LogP contribution in [0.5, 0.6) is 11.5 Å². The van der Waals surface area contributed by atoms with Crippen LogP contribution in [0.4, 0.5) is 22.7 Å². The molecular weight excluding hydrogens is 683 g/mol. The van der Waals surface area contributed by atoms with E-state index in [1.165, 1.54) is 13.8 Å². The first-order chi connectivity index (χ1) is 24.0. The van der Waals surface area contributed by atoms with Crippen molar-refractivity contribution in [2.45, 2.75) is 39.8 Å². The number of ketones is 2. The summed E-state index contributed by atoms with van der Waals surface area (Å²) in [6.07, 6.45) is 0. The Labute approximate surface area is 298 Å². The molecule has 0 saturated carbocycles. The van der Waals surface area contributed by atoms with Gasteiger partial charge in [-0.05, 0) is 112 Å². The first-order valence-corrected chi connectivity index (χ1v) is 16.2. The van der Waals surface area contributed by atoms with Crippen LogP contribution in [-0.4, -0.2) is 48.7 Å². The number of anilines is 2. The molecule has 0 heterocycles. The zero-order valence-electron chi connectivity index (χ0n) is 27.6. The van der Waals surface area contributed by atoms with Gasteiger partial charge in [-0.1, -0.05) is 35.3 Å². The number of hydrogen-bond acceptors (Lipinski definition) is 10. The number of halogens is 2. The van der Waals surface area contributed by atoms with Crippen molar-refractivity contribution in [3.05, 3.63) is 95.0 Å². The highest BCUT2D eigenvalue weighted by molar-refractivity contribution is 6.34. The Hall–Kier alpha value is -5.46. The lowest BCUT2D eigenvalue weighted by molar-refractivity contribution is -0.127. The number of nitrogens with one attached hydrogen (secondary N) is 2. The van der Waals surface area contributed by atoms with E-state index in [4.69, 9.17) is 32.7 Å². The average Bonchev–Trinajstić information content (AvgIpc) is 3.08. The van der Waals surface area contributed by atoms with Crippen molar-refractivity contribution >= 4 is 69.3 Å². The minimum Gasteiger partial charge on any atom is -0.494 e. The van der Waals surface area contributed by atoms with Gasteiger partial charge in [0, 0.05) is 11.4 Å². The first-order valence-electron chi connectivity index (χ1n) is 15.5. The number of carbonyl (C=O) groups is 4. The lowest BCUT2D eigenvalue weighted by Crippen LogP contribution is -2.31. The summed E-state index contributed by atoms with van der Waals surface area (Å²) in [4.78, 5) is 50.1. The zero-order valence-corrected chi connectivity index (χ0v) is 29.2. The Balaban J connectivity index is 1.43. The molecule has 50 heavy (non-hydrogen) atoms. The fourth-order valence-electron chi connectivity index (χ4n) is 4.44. The predicted octanol–water partition coefficient (Wildman–Crippen LogP) is 8.82. The number of rotatable bonds is 15. The van der Waals surface area contributed by atoms with Gasteiger partial charge in [-0.25, -0.2) is 0 Å². The topological polar surface area (TPSA) is 160 Å². The summed E-state index contributed by atoms with van der Waals surface area (Å²) in [5.41, 5.74) is 2.77. The van der Waals surface area contributed by atoms with Crippen molar-refractivity contribution in [3.63, 3.8) is 0 Å². The van der Waals surface area contributed by atoms with Crippen molar-refractivity contribution in [2.75, 3.05) is 23.8 Å². The number of carbonyl (C=O) groups excluding carboxylic acids is 4. The average molecular weight is 718 g/mol. The van der Waals surface area contributed by atoms with Crippen LogP contribution < -0.4 is 20.1 Å². The monoisotopic (exact) mass is 716 g/mol. The minimum atomic E-state index is -1.39. The summed E-state index contributed by atoms with van der Waals surface area (Å²) < 4.78 is 10.8. The lowest BCUT2D eigenvalue weighted by atomic mass is 10.0. The molecule has 2 N–H and O–H groups in total. The van der Waals surface area contributed by atoms with E-state index in [0.29, 0.717) is 47.2 Å². The Kier molecular flexibility index (Phi) is 13.3. The Morgan fingerprint density at radius 2 is 0.960 bits per heavy atom. The SMILES string of the molecule is CCOc1ccc(NC(=O)[C@H](N=Nc2ccc(-c3ccc(N=N[C@H](C(C)=O)C(=O)Nc4ccc(OCC)cc4)c(Cl)c3)cc2Cl)C(C)=O)cc1. The largest absolute Gasteiger partial charge is 0.494 e. The second-order valence-electron chi connectivity index (χ2n) is 10.7. The summed E-state index contributed by atoms with van der Waals surface area (Å²) in [5, 5.41) is 21.8. The number of nitrogens with zero attached hydrogens (tertiary/aromatic N) is 4. The minimum absolute atomic E-state index is 0.211. The molecule has 14 heteroatoms. The smallest absolute Gasteiger partial charge is 0.258 e. The summed E-state index contributed by atoms with van der Waals surface area (Å²) in [5.74, 6) is -0.993. The molecule has 0 radical (unpaired) electrons. The second-order valence-corrected chi connectivity index (χ2v) is 11.5. The van der Waals surface area contributed by atoms with E-state index in [1.807, 2.05) is 13.8 Å². The van der Waals surface area contributed by atoms with Crippen molar-refractivity contribution in [1.82, 2.24) is 0 Å². The molecule has 4 aromatic rings. The molecule has 12 nitrogen and oxygen atoms in total. The molecule has 0 unspecified atom stereocenters. The Morgan fingerprint density at radius 1 is 0.600 bits per heavy atom. The summed E-state index contributed by atoms with van der Waals surface area (Å²) in [7, 11) is 0. The fraction of sp³-hybridized carbons (Fsp3) is 0.222. The molecule has 2 atom stereocenters. The molecule has 0 aromatic heterocycles. The molecule has 0 aliphatic rings. The lowest BCUT2D eigenvalue weighted by Gasteiger charge is -2.11. The van der Waals surface area contributed by atoms with Crippen LogP contribution in [-0.2, 0) is 19.2 Å². The van der Waals surface area contributed by atoms with Gasteiger partial charge in [0.05, 0.1) is 23.3 Å². The third kappa shape index (κ3) is 10.3. The fourth-order valence-corrected chi connectivity index (χ4v) is 4.87. The molecule has 2 amide bonds. The van der Waals surface area contributed by atoms with Crippen LogP contribution in [0.2, 0.25) is 10.0 Å². The third-order valence-electron chi connectivity index (χ3n) is 6.92. The molecular formula is C36H34Cl2N6O6. The highest BCUT2D eigenvalue weighted by atomic mass is 35.5. The normalized spacial score (nSPS) is 12.4. The number of benzene rings is 4. The maximum Gasteiger partial charge on any atom is 0.258 e. The van der Waals surface area contributed by atoms with Gasteiger partial charge in [0.2, 0.25) is 12.1 Å². The first kappa shape index (κ1) is 37.4. The number of azo groups is 2. The highest BCUT2D eigenvalue weighted by Gasteiger charge is 2.24. The predicted molar refractivity (Wildman–Crippen MR) is 192 cm³/mol. The highest BCUT2D eigenvalue weighted by Crippen LogP contribution is 2.35. The molecule has 0 saturated heterocycles. The van der Waals surface area contributed by atoms with Crippen LogP contribution >= 0.6 is 23.2 Å². The van der Waals surface area contributed by atoms with Crippen molar-refractivity contribution in [1.29, 1.82) is 0 Å². The van der Waals surface area contributed by atoms with Crippen LogP contribution in [0.3, 0.4) is 0 Å². The third-order valence-corrected chi connectivity index (χ3v) is 7.53. The van der Waals surface area contributed by atoms with E-state index in [0.717, 1.165) is 0 Å². The maximum absolute atomic E-state index is 12.8. The molecule has 0 aliphatic heterocycles. The van der Waals surface area contributed by atoms with E-state index in [-0.39, 0.29) is 21.4 Å². The Morgan fingerprint density at radius 3 is 1.26 bits per heavy atom. The molecule has 0 bridgehead atoms. The summed E-state index contributed by atoms with van der Waals surface area (Å²) in [6.45, 7) is 7.24. The number of amides is 2. The van der Waals surface area contributed by atoms with Gasteiger partial charge in [0.1, 0.15) is 22.9 Å². The van der Waals surface area contributed by atoms with E-state index in [9.17, 15) is 19.2 Å². The maximum atomic E-state index is 12.8. The molecule has 4 rings (SSSR count). The van der Waals surface area contributed by atoms with Crippen molar-refractivity contribution < 1.29 is 28.7 Å². The zero-order chi connectivity index (χ0) is 36.2. The molecule has 0 fully saturated rings. The summed E-state index contributed by atoms with van der Waals surface area (Å²) in [6, 6.07) is 20.5. The molecule has 0 spiro atoms. The number of Topliss-reactive ketones (excluding diaryl/α,β-unsaturated/α-hetero) is 2. The van der Waals surface area contributed by atoms with Crippen molar-refractivity contribution in [3.8, 4) is 22.6 Å². The van der Waals surface area contributed by atoms with E-state index in [1.54, 1.807) is 84.9 Å². The standard InChI is InChI=1S/C36H34Cl2N6O6/c1-5-49-27-13-9-25(10-14-27)39-35(47)33(21(3)45)43-41-31-17-7-23(19-29(31)37)24-8-18-32(30(38)20-24)42-44-34(22(4)46)36(48)40-26-11-15-28(16-12-26)50-6-2/h7-20,33-34H,5-6H2,1-4H3,(H,39,47)(H,40,48)/t33-,34-/m1/s1. The van der Waals surface area contributed by atoms with Gasteiger partial charge in [-0.2, -0.15) is 20.5 Å². The second kappa shape index (κ2) is 17.8. The van der Waals surface area contributed by atoms with Gasteiger partial charge in [0.25, 0.3) is 11.8 Å². The van der Waals surface area contributed by atoms with Crippen LogP contribution in [0.15, 0.2) is 105 Å². The number of hydrogen-bond donors (Lipinski definition) is 2. The van der Waals surface area contributed by atoms with Crippen molar-refractivity contribution in [2.24, 2.45) is 20.5 Å². The summed E-state index contributed by atoms with van der Waals surface area (Å²) >= 11 is 13.0. The van der Waals surface area contributed by atoms with E-state index < -0.39 is 35.5 Å². The van der Waals surface area contributed by atoms with Crippen LogP contribution in [0.1, 0.15) is 27.7 Å². The van der Waals surface area contributed by atoms with Gasteiger partial charge >= 0.3 is 0 Å². The van der Waals surface area contributed by atoms with Gasteiger partial charge in [-0.3, -0.25) is 19.2 Å². The molecule has 4 aromatic carbocycles. The number of ether oxygens (including phenoxy) is 2. The van der Waals surface area contributed by atoms with Gasteiger partial charge in [0.15, 0.2) is 11.6 Å². The van der Waals surface area contributed by atoms with Gasteiger partial charge < -0.3 is 20.1 Å². The van der Waals surface area contributed by atoms with Gasteiger partial charge in [-0.15, -0.1) is 0 Å². The van der Waals surface area contributed by atoms with Crippen LogP contribution in [0.25, 0.3) is 11.1 Å². The quantitative estimate of drug-likeness (QED) is 0.0923. The van der Waals surface area contributed by atoms with Crippen LogP contribution in [0, 0.1) is 0 Å². The molecule has 258 valence electrons.